The number of nitrogens with one attached hydrogen (secondary N) is 1. The lowest BCUT2D eigenvalue weighted by molar-refractivity contribution is -0.388. The van der Waals surface area contributed by atoms with E-state index in [-0.39, 0.29) is 17.8 Å². The van der Waals surface area contributed by atoms with Crippen molar-refractivity contribution in [2.75, 3.05) is 5.32 Å². The number of anilines is 1. The van der Waals surface area contributed by atoms with E-state index in [4.69, 9.17) is 5.11 Å². The van der Waals surface area contributed by atoms with Crippen LogP contribution in [-0.2, 0) is 11.8 Å². The maximum absolute atomic E-state index is 11.0. The first kappa shape index (κ1) is 13.3. The number of aromatic nitrogens is 2. The first-order valence-electron chi connectivity index (χ1n) is 6.14. The van der Waals surface area contributed by atoms with Gasteiger partial charge in [0.05, 0.1) is 5.92 Å². The molecule has 8 heteroatoms. The molecule has 0 saturated heterocycles. The van der Waals surface area contributed by atoms with Gasteiger partial charge in [-0.15, -0.1) is 0 Å². The summed E-state index contributed by atoms with van der Waals surface area (Å²) < 4.78 is 1.54. The summed E-state index contributed by atoms with van der Waals surface area (Å²) in [4.78, 5) is 25.0. The molecule has 0 aliphatic heterocycles. The van der Waals surface area contributed by atoms with Gasteiger partial charge >= 0.3 is 11.8 Å². The quantitative estimate of drug-likeness (QED) is 0.630. The van der Waals surface area contributed by atoms with Crippen molar-refractivity contribution in [3.8, 4) is 0 Å². The highest BCUT2D eigenvalue weighted by molar-refractivity contribution is 5.70. The predicted octanol–water partition coefficient (Wildman–Crippen LogP) is 1.38. The van der Waals surface area contributed by atoms with Crippen LogP contribution < -0.4 is 5.32 Å². The van der Waals surface area contributed by atoms with Crippen LogP contribution in [0.1, 0.15) is 25.7 Å². The van der Waals surface area contributed by atoms with Crippen LogP contribution in [0.4, 0.5) is 11.6 Å². The molecule has 0 radical (unpaired) electrons. The van der Waals surface area contributed by atoms with E-state index in [0.717, 1.165) is 12.8 Å². The van der Waals surface area contributed by atoms with Gasteiger partial charge in [0.2, 0.25) is 12.1 Å². The molecule has 1 aromatic heterocycles. The van der Waals surface area contributed by atoms with Crippen LogP contribution in [0.2, 0.25) is 0 Å². The maximum Gasteiger partial charge on any atom is 0.406 e. The van der Waals surface area contributed by atoms with Gasteiger partial charge in [0, 0.05) is 13.1 Å². The molecule has 0 aromatic carbocycles. The zero-order valence-corrected chi connectivity index (χ0v) is 10.6. The molecule has 19 heavy (non-hydrogen) atoms. The number of nitro groups is 1. The first-order chi connectivity index (χ1) is 8.99. The molecule has 104 valence electrons. The molecule has 1 aliphatic rings. The Hall–Kier alpha value is -2.12. The highest BCUT2D eigenvalue weighted by Crippen LogP contribution is 2.29. The van der Waals surface area contributed by atoms with E-state index in [9.17, 15) is 14.9 Å². The minimum atomic E-state index is -0.800. The van der Waals surface area contributed by atoms with Gasteiger partial charge in [-0.25, -0.2) is 0 Å². The number of rotatable bonds is 4. The van der Waals surface area contributed by atoms with Gasteiger partial charge in [-0.2, -0.15) is 0 Å². The molecule has 1 aromatic rings. The Bertz CT molecular complexity index is 499. The normalized spacial score (nSPS) is 23.0. The van der Waals surface area contributed by atoms with E-state index < -0.39 is 10.9 Å². The van der Waals surface area contributed by atoms with Gasteiger partial charge in [-0.05, 0) is 29.2 Å². The Morgan fingerprint density at radius 2 is 2.37 bits per heavy atom. The molecule has 0 spiro atoms. The Morgan fingerprint density at radius 3 is 3.00 bits per heavy atom. The lowest BCUT2D eigenvalue weighted by Gasteiger charge is -2.27. The van der Waals surface area contributed by atoms with Gasteiger partial charge < -0.3 is 20.5 Å². The summed E-state index contributed by atoms with van der Waals surface area (Å²) in [5, 5.41) is 22.9. The predicted molar refractivity (Wildman–Crippen MR) is 66.9 cm³/mol. The molecule has 8 nitrogen and oxygen atoms in total. The maximum atomic E-state index is 11.0. The lowest BCUT2D eigenvalue weighted by atomic mass is 9.86. The molecule has 0 bridgehead atoms. The van der Waals surface area contributed by atoms with Gasteiger partial charge in [0.1, 0.15) is 0 Å². The largest absolute Gasteiger partial charge is 0.481 e. The van der Waals surface area contributed by atoms with Gasteiger partial charge in [0.15, 0.2) is 0 Å². The second-order valence-corrected chi connectivity index (χ2v) is 4.83. The third-order valence-corrected chi connectivity index (χ3v) is 3.45. The second kappa shape index (κ2) is 5.25. The lowest BCUT2D eigenvalue weighted by Crippen LogP contribution is -2.31. The molecule has 0 amide bonds. The van der Waals surface area contributed by atoms with Crippen LogP contribution in [0.25, 0.3) is 0 Å². The number of aliphatic carboxylic acids is 1. The molecule has 1 saturated carbocycles. The van der Waals surface area contributed by atoms with E-state index in [1.165, 1.54) is 6.33 Å². The summed E-state index contributed by atoms with van der Waals surface area (Å²) in [5.41, 5.74) is 0. The molecule has 2 atom stereocenters. The first-order valence-corrected chi connectivity index (χ1v) is 6.14. The summed E-state index contributed by atoms with van der Waals surface area (Å²) in [5.74, 6) is -1.06. The van der Waals surface area contributed by atoms with Crippen LogP contribution >= 0.6 is 0 Å². The second-order valence-electron chi connectivity index (χ2n) is 4.83. The van der Waals surface area contributed by atoms with Crippen molar-refractivity contribution in [2.24, 2.45) is 13.0 Å². The number of imidazole rings is 1. The van der Waals surface area contributed by atoms with E-state index in [1.54, 1.807) is 11.6 Å². The third-order valence-electron chi connectivity index (χ3n) is 3.45. The fraction of sp³-hybridized carbons (Fsp3) is 0.636. The number of nitrogens with zero attached hydrogens (tertiary/aromatic N) is 3. The summed E-state index contributed by atoms with van der Waals surface area (Å²) in [6.45, 7) is 0. The fourth-order valence-electron chi connectivity index (χ4n) is 2.46. The summed E-state index contributed by atoms with van der Waals surface area (Å²) in [6.07, 6.45) is 4.14. The van der Waals surface area contributed by atoms with Crippen LogP contribution in [0, 0.1) is 16.0 Å². The van der Waals surface area contributed by atoms with Crippen LogP contribution in [0.3, 0.4) is 0 Å². The molecule has 1 aliphatic carbocycles. The minimum Gasteiger partial charge on any atom is -0.481 e. The highest BCUT2D eigenvalue weighted by atomic mass is 16.6. The van der Waals surface area contributed by atoms with Crippen molar-refractivity contribution >= 4 is 17.6 Å². The van der Waals surface area contributed by atoms with Gasteiger partial charge in [0.25, 0.3) is 0 Å². The van der Waals surface area contributed by atoms with Crippen LogP contribution in [0.5, 0.6) is 0 Å². The SMILES string of the molecule is Cn1cnc([N+](=O)[O-])c1NC1CCCC(C(=O)O)C1. The standard InChI is InChI=1S/C11H16N4O4/c1-14-6-12-9(15(18)19)10(14)13-8-4-2-3-7(5-8)11(16)17/h6-8,13H,2-5H2,1H3,(H,16,17). The smallest absolute Gasteiger partial charge is 0.406 e. The molecule has 2 unspecified atom stereocenters. The number of carbonyl (C=O) groups is 1. The summed E-state index contributed by atoms with van der Waals surface area (Å²) >= 11 is 0. The van der Waals surface area contributed by atoms with Crippen LogP contribution in [-0.4, -0.2) is 31.6 Å². The third kappa shape index (κ3) is 2.83. The number of carboxylic acid groups (broad SMARTS) is 1. The Balaban J connectivity index is 2.10. The van der Waals surface area contributed by atoms with Crippen molar-refractivity contribution in [1.82, 2.24) is 9.55 Å². The van der Waals surface area contributed by atoms with E-state index >= 15 is 0 Å². The van der Waals surface area contributed by atoms with Crippen molar-refractivity contribution < 1.29 is 14.8 Å². The topological polar surface area (TPSA) is 110 Å². The molecule has 2 rings (SSSR count). The minimum absolute atomic E-state index is 0.0658. The van der Waals surface area contributed by atoms with E-state index in [2.05, 4.69) is 10.3 Å². The highest BCUT2D eigenvalue weighted by Gasteiger charge is 2.29. The van der Waals surface area contributed by atoms with Crippen molar-refractivity contribution in [1.29, 1.82) is 0 Å². The average molecular weight is 268 g/mol. The summed E-state index contributed by atoms with van der Waals surface area (Å²) in [6, 6.07) is -0.0658. The number of hydrogen-bond donors (Lipinski definition) is 2. The van der Waals surface area contributed by atoms with Crippen molar-refractivity contribution in [3.63, 3.8) is 0 Å². The Labute approximate surface area is 109 Å². The number of aryl methyl sites for hydroxylation is 1. The van der Waals surface area contributed by atoms with E-state index in [0.29, 0.717) is 18.7 Å². The average Bonchev–Trinajstić information content (AvgIpc) is 2.71. The molecule has 1 heterocycles. The molecule has 1 fully saturated rings. The zero-order chi connectivity index (χ0) is 14.0. The monoisotopic (exact) mass is 268 g/mol. The fourth-order valence-corrected chi connectivity index (χ4v) is 2.46. The van der Waals surface area contributed by atoms with Gasteiger partial charge in [-0.1, -0.05) is 6.42 Å². The Morgan fingerprint density at radius 1 is 1.63 bits per heavy atom. The Kier molecular flexibility index (Phi) is 3.68. The molecular weight excluding hydrogens is 252 g/mol. The van der Waals surface area contributed by atoms with Crippen LogP contribution in [0.15, 0.2) is 6.33 Å². The van der Waals surface area contributed by atoms with E-state index in [1.807, 2.05) is 0 Å². The number of carboxylic acids is 1. The van der Waals surface area contributed by atoms with Crippen molar-refractivity contribution in [3.05, 3.63) is 16.4 Å². The molecule has 2 N–H and O–H groups in total. The summed E-state index contributed by atoms with van der Waals surface area (Å²) in [7, 11) is 1.67. The number of hydrogen-bond acceptors (Lipinski definition) is 5. The zero-order valence-electron chi connectivity index (χ0n) is 10.6. The molecular formula is C11H16N4O4. The van der Waals surface area contributed by atoms with Crippen molar-refractivity contribution in [2.45, 2.75) is 31.7 Å². The van der Waals surface area contributed by atoms with Gasteiger partial charge in [-0.3, -0.25) is 9.36 Å².